The van der Waals surface area contributed by atoms with Gasteiger partial charge in [0.2, 0.25) is 11.8 Å². The lowest BCUT2D eigenvalue weighted by atomic mass is 10.3. The van der Waals surface area contributed by atoms with Crippen LogP contribution in [0.2, 0.25) is 0 Å². The van der Waals surface area contributed by atoms with Crippen molar-refractivity contribution in [2.75, 3.05) is 17.6 Å². The van der Waals surface area contributed by atoms with E-state index < -0.39 is 0 Å². The third kappa shape index (κ3) is 4.16. The van der Waals surface area contributed by atoms with Gasteiger partial charge in [-0.15, -0.1) is 10.2 Å². The fourth-order valence-corrected chi connectivity index (χ4v) is 2.91. The van der Waals surface area contributed by atoms with Gasteiger partial charge >= 0.3 is 6.03 Å². The number of anilines is 1. The molecule has 0 bridgehead atoms. The number of thioether (sulfide) groups is 1. The number of hydrogen-bond acceptors (Lipinski definition) is 7. The molecule has 138 valence electrons. The van der Waals surface area contributed by atoms with Crippen LogP contribution in [0.4, 0.5) is 10.5 Å². The zero-order chi connectivity index (χ0) is 18.5. The molecule has 0 fully saturated rings. The lowest BCUT2D eigenvalue weighted by Gasteiger charge is -2.19. The Kier molecular flexibility index (Phi) is 5.77. The number of amides is 2. The molecular formula is C17H21N5O3S. The maximum Gasteiger partial charge on any atom is 0.322 e. The van der Waals surface area contributed by atoms with Gasteiger partial charge < -0.3 is 19.1 Å². The van der Waals surface area contributed by atoms with Gasteiger partial charge in [-0.05, 0) is 24.8 Å². The van der Waals surface area contributed by atoms with Crippen molar-refractivity contribution in [2.24, 2.45) is 0 Å². The van der Waals surface area contributed by atoms with Gasteiger partial charge in [-0.2, -0.15) is 0 Å². The maximum atomic E-state index is 12.5. The van der Waals surface area contributed by atoms with E-state index in [1.165, 1.54) is 11.8 Å². The molecule has 0 aliphatic rings. The molecule has 0 radical (unpaired) electrons. The first-order valence-electron chi connectivity index (χ1n) is 8.53. The monoisotopic (exact) mass is 375 g/mol. The fraction of sp³-hybridized carbons (Fsp3) is 0.412. The molecule has 0 aliphatic heterocycles. The molecule has 2 heterocycles. The van der Waals surface area contributed by atoms with Crippen molar-refractivity contribution in [3.8, 4) is 0 Å². The van der Waals surface area contributed by atoms with Gasteiger partial charge in [0.15, 0.2) is 5.58 Å². The smallest absolute Gasteiger partial charge is 0.322 e. The molecule has 8 nitrogen and oxygen atoms in total. The number of oxazole rings is 1. The number of rotatable bonds is 7. The Bertz CT molecular complexity index is 892. The predicted molar refractivity (Wildman–Crippen MR) is 99.2 cm³/mol. The summed E-state index contributed by atoms with van der Waals surface area (Å²) in [6.45, 7) is 6.64. The molecule has 9 heteroatoms. The molecule has 3 aromatic rings. The first-order valence-corrected chi connectivity index (χ1v) is 9.52. The Morgan fingerprint density at radius 2 is 2.00 bits per heavy atom. The zero-order valence-corrected chi connectivity index (χ0v) is 15.8. The molecule has 2 aromatic heterocycles. The molecule has 0 spiro atoms. The first-order chi connectivity index (χ1) is 12.6. The highest BCUT2D eigenvalue weighted by atomic mass is 32.2. The van der Waals surface area contributed by atoms with Crippen LogP contribution in [0.5, 0.6) is 0 Å². The topological polar surface area (TPSA) is 97.3 Å². The number of benzene rings is 1. The zero-order valence-electron chi connectivity index (χ0n) is 15.0. The Morgan fingerprint density at radius 3 is 2.69 bits per heavy atom. The van der Waals surface area contributed by atoms with Crippen LogP contribution in [0.25, 0.3) is 11.1 Å². The number of hydrogen-bond donors (Lipinski definition) is 1. The fourth-order valence-electron chi connectivity index (χ4n) is 2.35. The van der Waals surface area contributed by atoms with E-state index in [9.17, 15) is 4.79 Å². The average Bonchev–Trinajstić information content (AvgIpc) is 3.25. The minimum absolute atomic E-state index is 0.245. The van der Waals surface area contributed by atoms with Crippen LogP contribution in [-0.4, -0.2) is 38.4 Å². The third-order valence-corrected chi connectivity index (χ3v) is 4.40. The number of carbonyl (C=O) groups is 1. The van der Waals surface area contributed by atoms with Crippen molar-refractivity contribution in [3.05, 3.63) is 30.0 Å². The second-order valence-electron chi connectivity index (χ2n) is 5.48. The van der Waals surface area contributed by atoms with E-state index in [1.54, 1.807) is 17.0 Å². The van der Waals surface area contributed by atoms with Crippen molar-refractivity contribution in [1.82, 2.24) is 20.1 Å². The highest BCUT2D eigenvalue weighted by Gasteiger charge is 2.16. The number of urea groups is 1. The molecule has 26 heavy (non-hydrogen) atoms. The van der Waals surface area contributed by atoms with Gasteiger partial charge in [0.25, 0.3) is 5.22 Å². The predicted octanol–water partition coefficient (Wildman–Crippen LogP) is 3.94. The highest BCUT2D eigenvalue weighted by molar-refractivity contribution is 7.99. The van der Waals surface area contributed by atoms with E-state index in [-0.39, 0.29) is 12.6 Å². The summed E-state index contributed by atoms with van der Waals surface area (Å²) < 4.78 is 11.2. The second kappa shape index (κ2) is 8.22. The Labute approximate surface area is 155 Å². The minimum atomic E-state index is -0.245. The van der Waals surface area contributed by atoms with E-state index in [0.29, 0.717) is 41.2 Å². The van der Waals surface area contributed by atoms with Crippen LogP contribution in [0.1, 0.15) is 32.6 Å². The maximum absolute atomic E-state index is 12.5. The summed E-state index contributed by atoms with van der Waals surface area (Å²) >= 11 is 1.54. The average molecular weight is 375 g/mol. The second-order valence-corrected chi connectivity index (χ2v) is 6.70. The van der Waals surface area contributed by atoms with E-state index >= 15 is 0 Å². The van der Waals surface area contributed by atoms with Crippen molar-refractivity contribution < 1.29 is 13.6 Å². The number of carbonyl (C=O) groups excluding carboxylic acids is 1. The van der Waals surface area contributed by atoms with Crippen LogP contribution < -0.4 is 5.32 Å². The summed E-state index contributed by atoms with van der Waals surface area (Å²) in [5.41, 5.74) is 2.06. The number of aromatic nitrogens is 3. The standard InChI is InChI=1S/C17H21N5O3S/c1-4-14-20-21-15(25-14)10-22(5-2)16(23)18-11-7-8-12-13(9-11)24-17(19-12)26-6-3/h7-9H,4-6,10H2,1-3H3,(H,18,23). The van der Waals surface area contributed by atoms with Crippen LogP contribution in [-0.2, 0) is 13.0 Å². The number of nitrogens with zero attached hydrogens (tertiary/aromatic N) is 4. The molecule has 3 rings (SSSR count). The normalized spacial score (nSPS) is 11.0. The summed E-state index contributed by atoms with van der Waals surface area (Å²) in [6, 6.07) is 5.16. The molecule has 0 aliphatic carbocycles. The largest absolute Gasteiger partial charge is 0.431 e. The summed E-state index contributed by atoms with van der Waals surface area (Å²) in [7, 11) is 0. The summed E-state index contributed by atoms with van der Waals surface area (Å²) in [5, 5.41) is 11.4. The Hall–Kier alpha value is -2.55. The van der Waals surface area contributed by atoms with Crippen LogP contribution in [0.15, 0.2) is 32.3 Å². The van der Waals surface area contributed by atoms with Gasteiger partial charge in [-0.1, -0.05) is 25.6 Å². The highest BCUT2D eigenvalue weighted by Crippen LogP contribution is 2.25. The molecule has 0 unspecified atom stereocenters. The summed E-state index contributed by atoms with van der Waals surface area (Å²) in [4.78, 5) is 18.5. The summed E-state index contributed by atoms with van der Waals surface area (Å²) in [6.07, 6.45) is 0.667. The van der Waals surface area contributed by atoms with E-state index in [0.717, 1.165) is 11.3 Å². The molecule has 2 amide bonds. The van der Waals surface area contributed by atoms with Crippen molar-refractivity contribution in [1.29, 1.82) is 0 Å². The molecule has 0 saturated carbocycles. The quantitative estimate of drug-likeness (QED) is 0.625. The van der Waals surface area contributed by atoms with Crippen molar-refractivity contribution in [2.45, 2.75) is 39.0 Å². The van der Waals surface area contributed by atoms with Gasteiger partial charge in [0, 0.05) is 24.7 Å². The molecule has 1 aromatic carbocycles. The van der Waals surface area contributed by atoms with Gasteiger partial charge in [0.05, 0.1) is 0 Å². The van der Waals surface area contributed by atoms with Gasteiger partial charge in [-0.3, -0.25) is 0 Å². The van der Waals surface area contributed by atoms with Crippen molar-refractivity contribution in [3.63, 3.8) is 0 Å². The molecule has 1 N–H and O–H groups in total. The van der Waals surface area contributed by atoms with Crippen LogP contribution in [0.3, 0.4) is 0 Å². The SMILES string of the molecule is CCSc1nc2ccc(NC(=O)N(CC)Cc3nnc(CC)o3)cc2o1. The summed E-state index contributed by atoms with van der Waals surface area (Å²) in [5.74, 6) is 1.87. The third-order valence-electron chi connectivity index (χ3n) is 3.69. The molecule has 0 atom stereocenters. The number of nitrogens with one attached hydrogen (secondary N) is 1. The van der Waals surface area contributed by atoms with Crippen LogP contribution in [0, 0.1) is 0 Å². The lowest BCUT2D eigenvalue weighted by Crippen LogP contribution is -2.34. The minimum Gasteiger partial charge on any atom is -0.431 e. The lowest BCUT2D eigenvalue weighted by molar-refractivity contribution is 0.205. The van der Waals surface area contributed by atoms with Gasteiger partial charge in [0.1, 0.15) is 12.1 Å². The van der Waals surface area contributed by atoms with E-state index in [1.807, 2.05) is 26.8 Å². The van der Waals surface area contributed by atoms with Crippen molar-refractivity contribution >= 4 is 34.6 Å². The van der Waals surface area contributed by atoms with E-state index in [2.05, 4.69) is 20.5 Å². The molecule has 0 saturated heterocycles. The van der Waals surface area contributed by atoms with E-state index in [4.69, 9.17) is 8.83 Å². The number of aryl methyl sites for hydroxylation is 1. The number of fused-ring (bicyclic) bond motifs is 1. The van der Waals surface area contributed by atoms with Crippen LogP contribution >= 0.6 is 11.8 Å². The Balaban J connectivity index is 1.69. The Morgan fingerprint density at radius 1 is 1.19 bits per heavy atom. The molecular weight excluding hydrogens is 354 g/mol. The van der Waals surface area contributed by atoms with Gasteiger partial charge in [-0.25, -0.2) is 9.78 Å². The first kappa shape index (κ1) is 18.2.